The van der Waals surface area contributed by atoms with Gasteiger partial charge < -0.3 is 29.1 Å². The minimum absolute atomic E-state index is 0.0729. The molecule has 2 heterocycles. The molecule has 0 radical (unpaired) electrons. The fraction of sp³-hybridized carbons (Fsp3) is 0.250. The van der Waals surface area contributed by atoms with Gasteiger partial charge in [0.15, 0.2) is 17.1 Å². The van der Waals surface area contributed by atoms with Gasteiger partial charge in [0.25, 0.3) is 5.91 Å². The Balaban J connectivity index is 1.86. The highest BCUT2D eigenvalue weighted by Gasteiger charge is 2.36. The highest BCUT2D eigenvalue weighted by molar-refractivity contribution is 7.10. The highest BCUT2D eigenvalue weighted by Crippen LogP contribution is 2.38. The summed E-state index contributed by atoms with van der Waals surface area (Å²) in [5.41, 5.74) is -1.17. The van der Waals surface area contributed by atoms with E-state index in [1.165, 1.54) is 38.9 Å². The standard InChI is InChI=1S/C20H21NO6S/c1-24-14-10-13(11-15(25-2)18(14)26-3)19(22)21-12-20(23,16-6-4-8-27-16)17-7-5-9-28-17/h4-11,23H,12H2,1-3H3,(H,21,22). The Morgan fingerprint density at radius 2 is 1.86 bits per heavy atom. The van der Waals surface area contributed by atoms with E-state index in [4.69, 9.17) is 18.6 Å². The van der Waals surface area contributed by atoms with E-state index in [-0.39, 0.29) is 6.54 Å². The van der Waals surface area contributed by atoms with Crippen LogP contribution >= 0.6 is 11.3 Å². The summed E-state index contributed by atoms with van der Waals surface area (Å²) in [5, 5.41) is 15.9. The number of ether oxygens (including phenoxy) is 3. The second-order valence-corrected chi connectivity index (χ2v) is 6.86. The summed E-state index contributed by atoms with van der Waals surface area (Å²) >= 11 is 1.37. The Labute approximate surface area is 166 Å². The predicted octanol–water partition coefficient (Wildman–Crippen LogP) is 3.03. The molecule has 2 aromatic heterocycles. The van der Waals surface area contributed by atoms with Crippen molar-refractivity contribution in [3.05, 3.63) is 64.2 Å². The van der Waals surface area contributed by atoms with Gasteiger partial charge in [-0.05, 0) is 35.7 Å². The quantitative estimate of drug-likeness (QED) is 0.601. The largest absolute Gasteiger partial charge is 0.493 e. The molecular weight excluding hydrogens is 382 g/mol. The highest BCUT2D eigenvalue weighted by atomic mass is 32.1. The molecule has 1 atom stereocenters. The molecule has 0 aliphatic heterocycles. The number of nitrogens with one attached hydrogen (secondary N) is 1. The molecule has 0 aliphatic rings. The zero-order valence-corrected chi connectivity index (χ0v) is 16.5. The summed E-state index contributed by atoms with van der Waals surface area (Å²) in [6.45, 7) is -0.0729. The maximum absolute atomic E-state index is 12.8. The lowest BCUT2D eigenvalue weighted by atomic mass is 9.98. The number of benzene rings is 1. The van der Waals surface area contributed by atoms with Crippen LogP contribution in [0.3, 0.4) is 0 Å². The summed E-state index contributed by atoms with van der Waals surface area (Å²) in [6.07, 6.45) is 1.48. The summed E-state index contributed by atoms with van der Waals surface area (Å²) in [7, 11) is 4.45. The Hall–Kier alpha value is -2.97. The number of carbonyl (C=O) groups is 1. The number of aliphatic hydroxyl groups is 1. The minimum Gasteiger partial charge on any atom is -0.493 e. The first kappa shape index (κ1) is 19.8. The van der Waals surface area contributed by atoms with Gasteiger partial charge in [0.2, 0.25) is 5.75 Å². The number of thiophene rings is 1. The molecule has 3 aromatic rings. The van der Waals surface area contributed by atoms with Crippen molar-refractivity contribution in [2.24, 2.45) is 0 Å². The molecule has 0 fully saturated rings. The second-order valence-electron chi connectivity index (χ2n) is 5.91. The van der Waals surface area contributed by atoms with Crippen molar-refractivity contribution in [1.29, 1.82) is 0 Å². The number of amides is 1. The maximum Gasteiger partial charge on any atom is 0.251 e. The lowest BCUT2D eigenvalue weighted by Gasteiger charge is -2.25. The molecule has 7 nitrogen and oxygen atoms in total. The van der Waals surface area contributed by atoms with Crippen LogP contribution in [0.5, 0.6) is 17.2 Å². The lowest BCUT2D eigenvalue weighted by Crippen LogP contribution is -2.41. The Bertz CT molecular complexity index is 861. The first-order valence-corrected chi connectivity index (χ1v) is 9.30. The van der Waals surface area contributed by atoms with Crippen molar-refractivity contribution < 1.29 is 28.5 Å². The Kier molecular flexibility index (Phi) is 5.91. The first-order valence-electron chi connectivity index (χ1n) is 8.42. The normalized spacial score (nSPS) is 12.9. The fourth-order valence-corrected chi connectivity index (χ4v) is 3.67. The zero-order chi connectivity index (χ0) is 20.1. The van der Waals surface area contributed by atoms with Crippen molar-refractivity contribution in [3.63, 3.8) is 0 Å². The van der Waals surface area contributed by atoms with E-state index >= 15 is 0 Å². The fourth-order valence-electron chi connectivity index (χ4n) is 2.85. The van der Waals surface area contributed by atoms with E-state index in [1.807, 2.05) is 11.4 Å². The number of rotatable bonds is 8. The first-order chi connectivity index (χ1) is 13.5. The lowest BCUT2D eigenvalue weighted by molar-refractivity contribution is 0.0554. The molecule has 1 amide bonds. The number of methoxy groups -OCH3 is 3. The van der Waals surface area contributed by atoms with Crippen LogP contribution in [-0.2, 0) is 5.60 Å². The van der Waals surface area contributed by atoms with Crippen LogP contribution in [0.15, 0.2) is 52.5 Å². The van der Waals surface area contributed by atoms with E-state index < -0.39 is 11.5 Å². The van der Waals surface area contributed by atoms with Gasteiger partial charge in [-0.3, -0.25) is 4.79 Å². The molecule has 28 heavy (non-hydrogen) atoms. The smallest absolute Gasteiger partial charge is 0.251 e. The second kappa shape index (κ2) is 8.37. The van der Waals surface area contributed by atoms with Crippen molar-refractivity contribution in [2.75, 3.05) is 27.9 Å². The molecular formula is C20H21NO6S. The Morgan fingerprint density at radius 3 is 2.36 bits per heavy atom. The average Bonchev–Trinajstić information content (AvgIpc) is 3.45. The van der Waals surface area contributed by atoms with Crippen LogP contribution in [0.25, 0.3) is 0 Å². The molecule has 8 heteroatoms. The molecule has 3 rings (SSSR count). The van der Waals surface area contributed by atoms with Crippen LogP contribution < -0.4 is 19.5 Å². The van der Waals surface area contributed by atoms with Crippen LogP contribution in [0, 0.1) is 0 Å². The average molecular weight is 403 g/mol. The molecule has 2 N–H and O–H groups in total. The van der Waals surface area contributed by atoms with Crippen molar-refractivity contribution >= 4 is 17.2 Å². The number of hydrogen-bond acceptors (Lipinski definition) is 7. The van der Waals surface area contributed by atoms with Gasteiger partial charge in [-0.15, -0.1) is 11.3 Å². The number of hydrogen-bond donors (Lipinski definition) is 2. The van der Waals surface area contributed by atoms with Gasteiger partial charge in [0.1, 0.15) is 5.76 Å². The summed E-state index contributed by atoms with van der Waals surface area (Å²) in [6, 6.07) is 10.1. The molecule has 0 bridgehead atoms. The van der Waals surface area contributed by atoms with Crippen LogP contribution in [0.1, 0.15) is 21.0 Å². The van der Waals surface area contributed by atoms with E-state index in [1.54, 1.807) is 30.3 Å². The molecule has 0 spiro atoms. The summed E-state index contributed by atoms with van der Waals surface area (Å²) < 4.78 is 21.3. The van der Waals surface area contributed by atoms with Crippen molar-refractivity contribution in [3.8, 4) is 17.2 Å². The zero-order valence-electron chi connectivity index (χ0n) is 15.7. The van der Waals surface area contributed by atoms with Gasteiger partial charge in [0, 0.05) is 10.4 Å². The molecule has 0 aliphatic carbocycles. The van der Waals surface area contributed by atoms with E-state index in [0.717, 1.165) is 0 Å². The van der Waals surface area contributed by atoms with Crippen LogP contribution in [0.2, 0.25) is 0 Å². The van der Waals surface area contributed by atoms with Gasteiger partial charge in [-0.25, -0.2) is 0 Å². The monoisotopic (exact) mass is 403 g/mol. The van der Waals surface area contributed by atoms with E-state index in [9.17, 15) is 9.90 Å². The molecule has 0 saturated heterocycles. The van der Waals surface area contributed by atoms with Crippen molar-refractivity contribution in [1.82, 2.24) is 5.32 Å². The summed E-state index contributed by atoms with van der Waals surface area (Å²) in [5.74, 6) is 1.08. The topological polar surface area (TPSA) is 90.2 Å². The van der Waals surface area contributed by atoms with Gasteiger partial charge in [-0.1, -0.05) is 6.07 Å². The third kappa shape index (κ3) is 3.69. The van der Waals surface area contributed by atoms with Crippen molar-refractivity contribution in [2.45, 2.75) is 5.60 Å². The molecule has 148 valence electrons. The third-order valence-corrected chi connectivity index (χ3v) is 5.31. The van der Waals surface area contributed by atoms with Crippen LogP contribution in [0.4, 0.5) is 0 Å². The van der Waals surface area contributed by atoms with Gasteiger partial charge >= 0.3 is 0 Å². The van der Waals surface area contributed by atoms with Gasteiger partial charge in [0.05, 0.1) is 34.1 Å². The maximum atomic E-state index is 12.8. The molecule has 1 aromatic carbocycles. The molecule has 0 saturated carbocycles. The van der Waals surface area contributed by atoms with E-state index in [2.05, 4.69) is 5.32 Å². The Morgan fingerprint density at radius 1 is 1.14 bits per heavy atom. The van der Waals surface area contributed by atoms with E-state index in [0.29, 0.717) is 33.4 Å². The predicted molar refractivity (Wildman–Crippen MR) is 104 cm³/mol. The third-order valence-electron chi connectivity index (χ3n) is 4.29. The molecule has 1 unspecified atom stereocenters. The summed E-state index contributed by atoms with van der Waals surface area (Å²) in [4.78, 5) is 13.4. The number of carbonyl (C=O) groups excluding carboxylic acids is 1. The SMILES string of the molecule is COc1cc(C(=O)NCC(O)(c2ccco2)c2cccs2)cc(OC)c1OC. The minimum atomic E-state index is -1.48. The number of furan rings is 1. The van der Waals surface area contributed by atoms with Gasteiger partial charge in [-0.2, -0.15) is 0 Å². The van der Waals surface area contributed by atoms with Crippen LogP contribution in [-0.4, -0.2) is 38.9 Å².